The summed E-state index contributed by atoms with van der Waals surface area (Å²) < 4.78 is 10.6. The minimum absolute atomic E-state index is 0.0624. The van der Waals surface area contributed by atoms with E-state index in [1.807, 2.05) is 63.2 Å². The van der Waals surface area contributed by atoms with Crippen molar-refractivity contribution < 1.29 is 19.1 Å². The molecule has 0 radical (unpaired) electrons. The van der Waals surface area contributed by atoms with Gasteiger partial charge >= 0.3 is 0 Å². The van der Waals surface area contributed by atoms with Gasteiger partial charge in [0.05, 0.1) is 14.2 Å². The highest BCUT2D eigenvalue weighted by atomic mass is 16.5. The van der Waals surface area contributed by atoms with Crippen molar-refractivity contribution in [2.75, 3.05) is 20.8 Å². The summed E-state index contributed by atoms with van der Waals surface area (Å²) in [6.07, 6.45) is 0.840. The Morgan fingerprint density at radius 2 is 1.56 bits per heavy atom. The number of hydrogen-bond acceptors (Lipinski definition) is 4. The zero-order valence-electron chi connectivity index (χ0n) is 20.1. The molecule has 0 saturated carbocycles. The molecule has 1 atom stereocenters. The van der Waals surface area contributed by atoms with Crippen molar-refractivity contribution in [3.8, 4) is 11.5 Å². The number of nitrogens with zero attached hydrogens (tertiary/aromatic N) is 1. The van der Waals surface area contributed by atoms with Crippen LogP contribution < -0.4 is 14.8 Å². The molecule has 0 bridgehead atoms. The Balaban J connectivity index is 2.15. The van der Waals surface area contributed by atoms with Gasteiger partial charge in [-0.05, 0) is 49.4 Å². The molecule has 174 valence electrons. The van der Waals surface area contributed by atoms with Crippen LogP contribution in [0.5, 0.6) is 11.5 Å². The lowest BCUT2D eigenvalue weighted by molar-refractivity contribution is -0.140. The number of nitrogens with one attached hydrogen (secondary N) is 1. The maximum Gasteiger partial charge on any atom is 0.242 e. The summed E-state index contributed by atoms with van der Waals surface area (Å²) in [6.45, 7) is 8.88. The molecule has 0 heterocycles. The quantitative estimate of drug-likeness (QED) is 0.570. The molecule has 0 fully saturated rings. The molecule has 0 aliphatic rings. The van der Waals surface area contributed by atoms with Crippen LogP contribution in [0.1, 0.15) is 43.9 Å². The van der Waals surface area contributed by atoms with Gasteiger partial charge in [0, 0.05) is 19.5 Å². The summed E-state index contributed by atoms with van der Waals surface area (Å²) in [4.78, 5) is 27.6. The lowest BCUT2D eigenvalue weighted by atomic mass is 10.1. The molecular formula is C26H36N2O4. The highest BCUT2D eigenvalue weighted by Gasteiger charge is 2.26. The third-order valence-electron chi connectivity index (χ3n) is 5.40. The summed E-state index contributed by atoms with van der Waals surface area (Å²) >= 11 is 0. The van der Waals surface area contributed by atoms with Crippen molar-refractivity contribution in [1.29, 1.82) is 0 Å². The number of methoxy groups -OCH3 is 2. The molecule has 6 nitrogen and oxygen atoms in total. The Labute approximate surface area is 191 Å². The summed E-state index contributed by atoms with van der Waals surface area (Å²) in [5.74, 6) is 1.43. The average molecular weight is 441 g/mol. The summed E-state index contributed by atoms with van der Waals surface area (Å²) in [5.41, 5.74) is 3.13. The first-order valence-electron chi connectivity index (χ1n) is 11.1. The van der Waals surface area contributed by atoms with Gasteiger partial charge in [-0.3, -0.25) is 9.59 Å². The van der Waals surface area contributed by atoms with Crippen molar-refractivity contribution >= 4 is 11.8 Å². The summed E-state index contributed by atoms with van der Waals surface area (Å²) in [7, 11) is 3.18. The van der Waals surface area contributed by atoms with E-state index in [1.54, 1.807) is 26.0 Å². The maximum absolute atomic E-state index is 13.2. The standard InChI is InChI=1S/C26H36N2O4/c1-18(2)16-27-26(30)20(4)28(17-22-9-7-19(3)8-10-22)25(29)14-12-21-11-13-23(31-5)24(15-21)32-6/h7-11,13,15,18,20H,12,14,16-17H2,1-6H3,(H,27,30)/t20-/m1/s1. The maximum atomic E-state index is 13.2. The molecule has 2 rings (SSSR count). The first-order chi connectivity index (χ1) is 15.2. The van der Waals surface area contributed by atoms with Gasteiger partial charge in [-0.2, -0.15) is 0 Å². The van der Waals surface area contributed by atoms with Crippen LogP contribution in [0.2, 0.25) is 0 Å². The van der Waals surface area contributed by atoms with E-state index in [0.717, 1.165) is 16.7 Å². The Morgan fingerprint density at radius 3 is 2.16 bits per heavy atom. The number of carbonyl (C=O) groups is 2. The normalized spacial score (nSPS) is 11.7. The third kappa shape index (κ3) is 7.29. The van der Waals surface area contributed by atoms with Gasteiger partial charge in [0.15, 0.2) is 11.5 Å². The average Bonchev–Trinajstić information content (AvgIpc) is 2.79. The van der Waals surface area contributed by atoms with Crippen LogP contribution in [0.4, 0.5) is 0 Å². The van der Waals surface area contributed by atoms with Gasteiger partial charge in [0.25, 0.3) is 0 Å². The van der Waals surface area contributed by atoms with Crippen molar-refractivity contribution in [2.24, 2.45) is 5.92 Å². The summed E-state index contributed by atoms with van der Waals surface area (Å²) in [5, 5.41) is 2.95. The van der Waals surface area contributed by atoms with Crippen LogP contribution in [-0.2, 0) is 22.6 Å². The second-order valence-electron chi connectivity index (χ2n) is 8.51. The van der Waals surface area contributed by atoms with E-state index in [0.29, 0.717) is 43.3 Å². The first kappa shape index (κ1) is 25.2. The highest BCUT2D eigenvalue weighted by molar-refractivity contribution is 5.87. The van der Waals surface area contributed by atoms with Gasteiger partial charge in [0.1, 0.15) is 6.04 Å². The second kappa shape index (κ2) is 12.1. The van der Waals surface area contributed by atoms with E-state index in [-0.39, 0.29) is 11.8 Å². The lowest BCUT2D eigenvalue weighted by Gasteiger charge is -2.29. The highest BCUT2D eigenvalue weighted by Crippen LogP contribution is 2.28. The van der Waals surface area contributed by atoms with Crippen LogP contribution in [-0.4, -0.2) is 43.5 Å². The number of hydrogen-bond donors (Lipinski definition) is 1. The number of aryl methyl sites for hydroxylation is 2. The Hall–Kier alpha value is -3.02. The molecule has 2 amide bonds. The molecule has 0 saturated heterocycles. The molecule has 1 N–H and O–H groups in total. The number of ether oxygens (including phenoxy) is 2. The minimum atomic E-state index is -0.562. The fourth-order valence-corrected chi connectivity index (χ4v) is 3.36. The second-order valence-corrected chi connectivity index (χ2v) is 8.51. The van der Waals surface area contributed by atoms with Crippen molar-refractivity contribution in [3.63, 3.8) is 0 Å². The van der Waals surface area contributed by atoms with E-state index in [4.69, 9.17) is 9.47 Å². The van der Waals surface area contributed by atoms with Crippen LogP contribution >= 0.6 is 0 Å². The van der Waals surface area contributed by atoms with E-state index in [2.05, 4.69) is 5.32 Å². The van der Waals surface area contributed by atoms with Gasteiger partial charge in [-0.15, -0.1) is 0 Å². The summed E-state index contributed by atoms with van der Waals surface area (Å²) in [6, 6.07) is 13.1. The van der Waals surface area contributed by atoms with Gasteiger partial charge in [-0.1, -0.05) is 49.7 Å². The molecule has 2 aromatic rings. The molecule has 32 heavy (non-hydrogen) atoms. The molecule has 0 unspecified atom stereocenters. The predicted molar refractivity (Wildman–Crippen MR) is 127 cm³/mol. The zero-order chi connectivity index (χ0) is 23.7. The molecular weight excluding hydrogens is 404 g/mol. The molecule has 0 aromatic heterocycles. The molecule has 0 aliphatic carbocycles. The Bertz CT molecular complexity index is 893. The number of benzene rings is 2. The largest absolute Gasteiger partial charge is 0.493 e. The van der Waals surface area contributed by atoms with Crippen LogP contribution in [0.3, 0.4) is 0 Å². The van der Waals surface area contributed by atoms with Crippen molar-refractivity contribution in [2.45, 2.75) is 53.1 Å². The fourth-order valence-electron chi connectivity index (χ4n) is 3.36. The number of amides is 2. The monoisotopic (exact) mass is 440 g/mol. The van der Waals surface area contributed by atoms with Crippen LogP contribution in [0.15, 0.2) is 42.5 Å². The van der Waals surface area contributed by atoms with E-state index in [1.165, 1.54) is 0 Å². The predicted octanol–water partition coefficient (Wildman–Crippen LogP) is 4.13. The van der Waals surface area contributed by atoms with Crippen LogP contribution in [0.25, 0.3) is 0 Å². The van der Waals surface area contributed by atoms with Gasteiger partial charge in [-0.25, -0.2) is 0 Å². The lowest BCUT2D eigenvalue weighted by Crippen LogP contribution is -2.48. The van der Waals surface area contributed by atoms with E-state index in [9.17, 15) is 9.59 Å². The van der Waals surface area contributed by atoms with Gasteiger partial charge < -0.3 is 19.7 Å². The smallest absolute Gasteiger partial charge is 0.242 e. The zero-order valence-corrected chi connectivity index (χ0v) is 20.1. The van der Waals surface area contributed by atoms with Crippen LogP contribution in [0, 0.1) is 12.8 Å². The third-order valence-corrected chi connectivity index (χ3v) is 5.40. The Kier molecular flexibility index (Phi) is 9.57. The Morgan fingerprint density at radius 1 is 0.938 bits per heavy atom. The molecule has 0 aliphatic heterocycles. The molecule has 2 aromatic carbocycles. The number of rotatable bonds is 11. The molecule has 0 spiro atoms. The minimum Gasteiger partial charge on any atom is -0.493 e. The van der Waals surface area contributed by atoms with E-state index >= 15 is 0 Å². The van der Waals surface area contributed by atoms with Crippen molar-refractivity contribution in [3.05, 3.63) is 59.2 Å². The fraction of sp³-hybridized carbons (Fsp3) is 0.462. The molecule has 6 heteroatoms. The SMILES string of the molecule is COc1ccc(CCC(=O)N(Cc2ccc(C)cc2)[C@H](C)C(=O)NCC(C)C)cc1OC. The van der Waals surface area contributed by atoms with Gasteiger partial charge in [0.2, 0.25) is 11.8 Å². The van der Waals surface area contributed by atoms with Crippen molar-refractivity contribution in [1.82, 2.24) is 10.2 Å². The first-order valence-corrected chi connectivity index (χ1v) is 11.1. The topological polar surface area (TPSA) is 67.9 Å². The number of carbonyl (C=O) groups excluding carboxylic acids is 2. The van der Waals surface area contributed by atoms with E-state index < -0.39 is 6.04 Å².